The second kappa shape index (κ2) is 12.2. The number of hydrogen-bond acceptors (Lipinski definition) is 4. The molecule has 0 spiro atoms. The van der Waals surface area contributed by atoms with Crippen LogP contribution in [0.2, 0.25) is 0 Å². The maximum Gasteiger partial charge on any atom is 0.434 e. The number of hydrogen-bond donors (Lipinski definition) is 2. The summed E-state index contributed by atoms with van der Waals surface area (Å²) in [6, 6.07) is 8.00. The largest absolute Gasteiger partial charge is 0.497 e. The molecule has 1 aromatic carbocycles. The van der Waals surface area contributed by atoms with Crippen molar-refractivity contribution in [2.24, 2.45) is 4.99 Å². The van der Waals surface area contributed by atoms with Crippen LogP contribution in [0.15, 0.2) is 34.6 Å². The first-order valence-corrected chi connectivity index (χ1v) is 9.81. The SMILES string of the molecule is CN=C(NCCc1nc(C(F)(F)F)cs1)NCCC(C)c1ccc(OC)cc1.I. The third kappa shape index (κ3) is 8.37. The first-order chi connectivity index (χ1) is 13.3. The van der Waals surface area contributed by atoms with Gasteiger partial charge in [-0.15, -0.1) is 35.3 Å². The van der Waals surface area contributed by atoms with Crippen molar-refractivity contribution in [1.29, 1.82) is 0 Å². The summed E-state index contributed by atoms with van der Waals surface area (Å²) in [5, 5.41) is 7.82. The standard InChI is InChI=1S/C19H25F3N4OS.HI/c1-13(14-4-6-15(27-3)7-5-14)8-10-24-18(23-2)25-11-9-17-26-16(12-28-17)19(20,21)22;/h4-7,12-13H,8-11H2,1-3H3,(H2,23,24,25);1H. The van der Waals surface area contributed by atoms with E-state index in [-0.39, 0.29) is 24.0 Å². The predicted molar refractivity (Wildman–Crippen MR) is 122 cm³/mol. The Morgan fingerprint density at radius 3 is 2.41 bits per heavy atom. The maximum absolute atomic E-state index is 12.6. The van der Waals surface area contributed by atoms with E-state index in [9.17, 15) is 13.2 Å². The van der Waals surface area contributed by atoms with Gasteiger partial charge in [-0.05, 0) is 30.0 Å². The molecule has 0 bridgehead atoms. The molecule has 0 fully saturated rings. The lowest BCUT2D eigenvalue weighted by Crippen LogP contribution is -2.39. The summed E-state index contributed by atoms with van der Waals surface area (Å²) >= 11 is 1.02. The molecular formula is C19H26F3IN4OS. The molecule has 1 heterocycles. The first-order valence-electron chi connectivity index (χ1n) is 8.93. The smallest absolute Gasteiger partial charge is 0.434 e. The van der Waals surface area contributed by atoms with Crippen molar-refractivity contribution >= 4 is 41.3 Å². The van der Waals surface area contributed by atoms with Crippen LogP contribution in [0.1, 0.15) is 35.5 Å². The lowest BCUT2D eigenvalue weighted by atomic mass is 9.98. The summed E-state index contributed by atoms with van der Waals surface area (Å²) in [7, 11) is 3.30. The minimum Gasteiger partial charge on any atom is -0.497 e. The number of ether oxygens (including phenoxy) is 1. The zero-order valence-corrected chi connectivity index (χ0v) is 19.7. The molecule has 2 N–H and O–H groups in total. The van der Waals surface area contributed by atoms with Crippen LogP contribution < -0.4 is 15.4 Å². The normalized spacial score (nSPS) is 12.8. The minimum atomic E-state index is -4.39. The zero-order chi connectivity index (χ0) is 20.6. The van der Waals surface area contributed by atoms with E-state index in [2.05, 4.69) is 39.7 Å². The Kier molecular flexibility index (Phi) is 10.7. The number of alkyl halides is 3. The maximum atomic E-state index is 12.6. The number of rotatable bonds is 8. The van der Waals surface area contributed by atoms with Crippen molar-refractivity contribution in [3.05, 3.63) is 45.9 Å². The Morgan fingerprint density at radius 1 is 1.21 bits per heavy atom. The molecule has 2 rings (SSSR count). The fourth-order valence-electron chi connectivity index (χ4n) is 2.57. The number of nitrogens with one attached hydrogen (secondary N) is 2. The van der Waals surface area contributed by atoms with Gasteiger partial charge in [-0.1, -0.05) is 19.1 Å². The summed E-state index contributed by atoms with van der Waals surface area (Å²) < 4.78 is 42.9. The van der Waals surface area contributed by atoms with E-state index in [0.29, 0.717) is 29.9 Å². The van der Waals surface area contributed by atoms with Crippen molar-refractivity contribution in [2.75, 3.05) is 27.2 Å². The van der Waals surface area contributed by atoms with Gasteiger partial charge in [0.2, 0.25) is 0 Å². The van der Waals surface area contributed by atoms with E-state index in [1.807, 2.05) is 12.1 Å². The summed E-state index contributed by atoms with van der Waals surface area (Å²) in [5.74, 6) is 1.82. The van der Waals surface area contributed by atoms with Crippen molar-refractivity contribution < 1.29 is 17.9 Å². The van der Waals surface area contributed by atoms with Crippen molar-refractivity contribution in [2.45, 2.75) is 31.9 Å². The number of aliphatic imine (C=N–C) groups is 1. The zero-order valence-electron chi connectivity index (χ0n) is 16.5. The highest BCUT2D eigenvalue weighted by atomic mass is 127. The fraction of sp³-hybridized carbons (Fsp3) is 0.474. The van der Waals surface area contributed by atoms with Crippen LogP contribution in [0.25, 0.3) is 0 Å². The van der Waals surface area contributed by atoms with Gasteiger partial charge in [-0.3, -0.25) is 4.99 Å². The van der Waals surface area contributed by atoms with Crippen LogP contribution in [0, 0.1) is 0 Å². The van der Waals surface area contributed by atoms with Crippen LogP contribution in [0.5, 0.6) is 5.75 Å². The summed E-state index contributed by atoms with van der Waals surface area (Å²) in [5.41, 5.74) is 0.400. The lowest BCUT2D eigenvalue weighted by Gasteiger charge is -2.15. The Bertz CT molecular complexity index is 766. The molecule has 5 nitrogen and oxygen atoms in total. The first kappa shape index (κ1) is 25.5. The number of guanidine groups is 1. The van der Waals surface area contributed by atoms with Crippen molar-refractivity contribution in [3.63, 3.8) is 0 Å². The van der Waals surface area contributed by atoms with Crippen molar-refractivity contribution in [1.82, 2.24) is 15.6 Å². The molecule has 2 aromatic rings. The van der Waals surface area contributed by atoms with Crippen LogP contribution in [-0.4, -0.2) is 38.2 Å². The number of thiazole rings is 1. The van der Waals surface area contributed by atoms with Crippen molar-refractivity contribution in [3.8, 4) is 5.75 Å². The highest BCUT2D eigenvalue weighted by Gasteiger charge is 2.33. The monoisotopic (exact) mass is 542 g/mol. The summed E-state index contributed by atoms with van der Waals surface area (Å²) in [4.78, 5) is 7.76. The topological polar surface area (TPSA) is 58.5 Å². The number of benzene rings is 1. The average Bonchev–Trinajstić information content (AvgIpc) is 3.16. The van der Waals surface area contributed by atoms with E-state index >= 15 is 0 Å². The Morgan fingerprint density at radius 2 is 1.86 bits per heavy atom. The molecule has 0 aliphatic heterocycles. The van der Waals surface area contributed by atoms with E-state index in [4.69, 9.17) is 4.74 Å². The molecule has 1 unspecified atom stereocenters. The highest BCUT2D eigenvalue weighted by Crippen LogP contribution is 2.30. The Balaban J connectivity index is 0.00000420. The lowest BCUT2D eigenvalue weighted by molar-refractivity contribution is -0.140. The number of halogens is 4. The fourth-order valence-corrected chi connectivity index (χ4v) is 3.38. The molecule has 1 atom stereocenters. The number of nitrogens with zero attached hydrogens (tertiary/aromatic N) is 2. The van der Waals surface area contributed by atoms with Crippen LogP contribution in [0.3, 0.4) is 0 Å². The van der Waals surface area contributed by atoms with Gasteiger partial charge in [0.25, 0.3) is 0 Å². The van der Waals surface area contributed by atoms with Gasteiger partial charge in [0, 0.05) is 31.9 Å². The molecule has 0 saturated heterocycles. The molecule has 29 heavy (non-hydrogen) atoms. The molecule has 0 aliphatic rings. The highest BCUT2D eigenvalue weighted by molar-refractivity contribution is 14.0. The second-order valence-electron chi connectivity index (χ2n) is 6.26. The minimum absolute atomic E-state index is 0. The van der Waals surface area contributed by atoms with Gasteiger partial charge in [0.1, 0.15) is 5.75 Å². The van der Waals surface area contributed by atoms with E-state index < -0.39 is 11.9 Å². The van der Waals surface area contributed by atoms with Gasteiger partial charge in [-0.2, -0.15) is 13.2 Å². The number of methoxy groups -OCH3 is 1. The van der Waals surface area contributed by atoms with Gasteiger partial charge in [0.15, 0.2) is 11.7 Å². The molecule has 0 radical (unpaired) electrons. The van der Waals surface area contributed by atoms with E-state index in [1.54, 1.807) is 14.2 Å². The van der Waals surface area contributed by atoms with Gasteiger partial charge < -0.3 is 15.4 Å². The molecular weight excluding hydrogens is 516 g/mol. The molecule has 0 aliphatic carbocycles. The molecule has 10 heteroatoms. The van der Waals surface area contributed by atoms with Crippen LogP contribution in [-0.2, 0) is 12.6 Å². The average molecular weight is 542 g/mol. The third-order valence-corrected chi connectivity index (χ3v) is 5.16. The summed E-state index contributed by atoms with van der Waals surface area (Å²) in [6.07, 6.45) is -3.07. The summed E-state index contributed by atoms with van der Waals surface area (Å²) in [6.45, 7) is 3.33. The number of aromatic nitrogens is 1. The van der Waals surface area contributed by atoms with Crippen LogP contribution >= 0.6 is 35.3 Å². The Labute approximate surface area is 190 Å². The quantitative estimate of drug-likeness (QED) is 0.289. The van der Waals surface area contributed by atoms with Crippen LogP contribution in [0.4, 0.5) is 13.2 Å². The second-order valence-corrected chi connectivity index (χ2v) is 7.21. The van der Waals surface area contributed by atoms with Gasteiger partial charge in [-0.25, -0.2) is 4.98 Å². The molecule has 162 valence electrons. The van der Waals surface area contributed by atoms with E-state index in [0.717, 1.165) is 35.4 Å². The molecule has 0 amide bonds. The molecule has 1 aromatic heterocycles. The Hall–Kier alpha value is -1.56. The van der Waals surface area contributed by atoms with Gasteiger partial charge >= 0.3 is 6.18 Å². The molecule has 0 saturated carbocycles. The van der Waals surface area contributed by atoms with E-state index in [1.165, 1.54) is 5.56 Å². The predicted octanol–water partition coefficient (Wildman–Crippen LogP) is 4.69. The van der Waals surface area contributed by atoms with Gasteiger partial charge in [0.05, 0.1) is 12.1 Å². The third-order valence-electron chi connectivity index (χ3n) is 4.25.